The van der Waals surface area contributed by atoms with Gasteiger partial charge in [-0.2, -0.15) is 0 Å². The van der Waals surface area contributed by atoms with E-state index in [0.29, 0.717) is 29.4 Å². The van der Waals surface area contributed by atoms with Gasteiger partial charge in [-0.15, -0.1) is 0 Å². The average molecular weight is 539 g/mol. The minimum absolute atomic E-state index is 0.0193. The highest BCUT2D eigenvalue weighted by atomic mass is 16.6. The molecular weight excluding hydrogens is 492 g/mol. The van der Waals surface area contributed by atoms with Gasteiger partial charge in [0.25, 0.3) is 5.69 Å². The number of non-ortho nitro benzene ring substituents is 1. The second kappa shape index (κ2) is 11.6. The van der Waals surface area contributed by atoms with Gasteiger partial charge >= 0.3 is 5.97 Å². The van der Waals surface area contributed by atoms with E-state index in [0.717, 1.165) is 56.1 Å². The molecule has 7 nitrogen and oxygen atoms in total. The second-order valence-corrected chi connectivity index (χ2v) is 13.3. The lowest BCUT2D eigenvalue weighted by molar-refractivity contribution is -0.384. The molecule has 1 aromatic rings. The first kappa shape index (κ1) is 28.1. The molecule has 4 aliphatic rings. The molecule has 0 aromatic heterocycles. The van der Waals surface area contributed by atoms with E-state index in [2.05, 4.69) is 25.9 Å². The molecule has 7 heteroatoms. The molecule has 0 amide bonds. The molecule has 1 aromatic carbocycles. The van der Waals surface area contributed by atoms with Crippen molar-refractivity contribution < 1.29 is 19.3 Å². The Kier molecular flexibility index (Phi) is 8.34. The van der Waals surface area contributed by atoms with Crippen LogP contribution >= 0.6 is 0 Å². The Bertz CT molecular complexity index is 1070. The number of nitro benzene ring substituents is 1. The Balaban J connectivity index is 1.19. The minimum atomic E-state index is -0.407. The number of hydrogen-bond donors (Lipinski definition) is 0. The number of fused-ring (bicyclic) bond motifs is 5. The number of esters is 1. The molecule has 4 saturated carbocycles. The molecular formula is C32H46N2O5. The average Bonchev–Trinajstić information content (AvgIpc) is 3.26. The fourth-order valence-electron chi connectivity index (χ4n) is 8.95. The van der Waals surface area contributed by atoms with Crippen molar-refractivity contribution in [1.29, 1.82) is 0 Å². The van der Waals surface area contributed by atoms with Gasteiger partial charge in [0.1, 0.15) is 6.10 Å². The summed E-state index contributed by atoms with van der Waals surface area (Å²) in [5.41, 5.74) is 1.62. The lowest BCUT2D eigenvalue weighted by Gasteiger charge is -2.60. The first-order valence-corrected chi connectivity index (χ1v) is 15.4. The van der Waals surface area contributed by atoms with Crippen LogP contribution in [-0.4, -0.2) is 22.7 Å². The summed E-state index contributed by atoms with van der Waals surface area (Å²) in [5, 5.41) is 15.4. The highest BCUT2D eigenvalue weighted by molar-refractivity contribution is 5.85. The Labute approximate surface area is 233 Å². The van der Waals surface area contributed by atoms with Gasteiger partial charge < -0.3 is 9.57 Å². The Morgan fingerprint density at radius 1 is 1.00 bits per heavy atom. The van der Waals surface area contributed by atoms with E-state index in [-0.39, 0.29) is 23.2 Å². The number of hydrogen-bond acceptors (Lipinski definition) is 6. The third kappa shape index (κ3) is 5.60. The van der Waals surface area contributed by atoms with Crippen molar-refractivity contribution in [2.45, 2.75) is 117 Å². The number of nitro groups is 1. The summed E-state index contributed by atoms with van der Waals surface area (Å²) >= 11 is 0. The van der Waals surface area contributed by atoms with E-state index >= 15 is 0 Å². The number of carbonyl (C=O) groups is 1. The van der Waals surface area contributed by atoms with E-state index < -0.39 is 4.92 Å². The lowest BCUT2D eigenvalue weighted by Crippen LogP contribution is -2.54. The zero-order valence-electron chi connectivity index (χ0n) is 24.0. The van der Waals surface area contributed by atoms with Crippen LogP contribution in [0.15, 0.2) is 29.4 Å². The minimum Gasteiger partial charge on any atom is -0.462 e. The van der Waals surface area contributed by atoms with Crippen LogP contribution < -0.4 is 4.84 Å². The van der Waals surface area contributed by atoms with E-state index in [1.54, 1.807) is 12.1 Å². The molecule has 0 radical (unpaired) electrons. The predicted molar refractivity (Wildman–Crippen MR) is 152 cm³/mol. The van der Waals surface area contributed by atoms with Crippen LogP contribution in [0.5, 0.6) is 5.75 Å². The molecule has 0 bridgehead atoms. The van der Waals surface area contributed by atoms with Crippen molar-refractivity contribution in [1.82, 2.24) is 0 Å². The molecule has 0 N–H and O–H groups in total. The fraction of sp³-hybridized carbons (Fsp3) is 0.750. The molecule has 214 valence electrons. The fourth-order valence-corrected chi connectivity index (χ4v) is 8.95. The first-order chi connectivity index (χ1) is 18.7. The number of carbonyl (C=O) groups excluding carboxylic acids is 1. The standard InChI is InChI=1S/C32H46N2O5/c1-4-5-6-7-8-30(35)38-29-16-15-27-26-14-9-22-21-23(33-39-25-12-10-24(11-13-25)34(36)37)17-19-31(22,2)28(26)18-20-32(27,29)3/h10-13,22,26-29H,4-9,14-21H2,1-3H3/b33-23-/t22-,26-,27-,28-,29-,31-,32-/m0/s1. The van der Waals surface area contributed by atoms with Gasteiger partial charge in [-0.25, -0.2) is 0 Å². The summed E-state index contributed by atoms with van der Waals surface area (Å²) in [6.45, 7) is 7.15. The molecule has 0 saturated heterocycles. The summed E-state index contributed by atoms with van der Waals surface area (Å²) in [6.07, 6.45) is 15.3. The molecule has 4 aliphatic carbocycles. The van der Waals surface area contributed by atoms with Crippen molar-refractivity contribution in [2.24, 2.45) is 39.7 Å². The largest absolute Gasteiger partial charge is 0.462 e. The van der Waals surface area contributed by atoms with E-state index in [1.807, 2.05) is 0 Å². The maximum absolute atomic E-state index is 12.6. The van der Waals surface area contributed by atoms with Gasteiger partial charge in [-0.05, 0) is 105 Å². The van der Waals surface area contributed by atoms with Crippen LogP contribution in [0.4, 0.5) is 5.69 Å². The molecule has 0 unspecified atom stereocenters. The van der Waals surface area contributed by atoms with Crippen LogP contribution in [0.25, 0.3) is 0 Å². The van der Waals surface area contributed by atoms with Crippen molar-refractivity contribution in [3.63, 3.8) is 0 Å². The summed E-state index contributed by atoms with van der Waals surface area (Å²) in [4.78, 5) is 28.8. The quantitative estimate of drug-likeness (QED) is 0.137. The van der Waals surface area contributed by atoms with Crippen molar-refractivity contribution >= 4 is 17.4 Å². The van der Waals surface area contributed by atoms with Gasteiger partial charge in [-0.1, -0.05) is 45.2 Å². The van der Waals surface area contributed by atoms with Gasteiger partial charge in [0, 0.05) is 24.0 Å². The van der Waals surface area contributed by atoms with E-state index in [4.69, 9.17) is 9.57 Å². The predicted octanol–water partition coefficient (Wildman–Crippen LogP) is 8.25. The Morgan fingerprint density at radius 3 is 2.51 bits per heavy atom. The number of nitrogens with zero attached hydrogens (tertiary/aromatic N) is 2. The maximum Gasteiger partial charge on any atom is 0.306 e. The molecule has 0 spiro atoms. The van der Waals surface area contributed by atoms with Crippen LogP contribution in [-0.2, 0) is 9.53 Å². The monoisotopic (exact) mass is 538 g/mol. The zero-order chi connectivity index (χ0) is 27.6. The van der Waals surface area contributed by atoms with Gasteiger partial charge in [0.05, 0.1) is 10.6 Å². The molecule has 0 aliphatic heterocycles. The van der Waals surface area contributed by atoms with Gasteiger partial charge in [0.2, 0.25) is 0 Å². The zero-order valence-corrected chi connectivity index (χ0v) is 24.0. The Morgan fingerprint density at radius 2 is 1.77 bits per heavy atom. The highest BCUT2D eigenvalue weighted by Crippen LogP contribution is 2.66. The van der Waals surface area contributed by atoms with Crippen molar-refractivity contribution in [2.75, 3.05) is 0 Å². The van der Waals surface area contributed by atoms with Crippen LogP contribution in [0.1, 0.15) is 111 Å². The van der Waals surface area contributed by atoms with Gasteiger partial charge in [-0.3, -0.25) is 14.9 Å². The smallest absolute Gasteiger partial charge is 0.306 e. The van der Waals surface area contributed by atoms with Crippen LogP contribution in [0, 0.1) is 44.6 Å². The Hall–Kier alpha value is -2.44. The summed E-state index contributed by atoms with van der Waals surface area (Å²) in [5.74, 6) is 3.30. The number of oxime groups is 1. The number of ether oxygens (including phenoxy) is 1. The summed E-state index contributed by atoms with van der Waals surface area (Å²) in [6, 6.07) is 6.12. The normalized spacial score (nSPS) is 36.5. The van der Waals surface area contributed by atoms with E-state index in [9.17, 15) is 14.9 Å². The molecule has 39 heavy (non-hydrogen) atoms. The number of unbranched alkanes of at least 4 members (excludes halogenated alkanes) is 3. The lowest BCUT2D eigenvalue weighted by atomic mass is 9.45. The third-order valence-electron chi connectivity index (χ3n) is 11.2. The molecule has 4 fully saturated rings. The van der Waals surface area contributed by atoms with Crippen LogP contribution in [0.3, 0.4) is 0 Å². The maximum atomic E-state index is 12.6. The van der Waals surface area contributed by atoms with E-state index in [1.165, 1.54) is 57.1 Å². The number of rotatable bonds is 9. The van der Waals surface area contributed by atoms with Gasteiger partial charge in [0.15, 0.2) is 5.75 Å². The van der Waals surface area contributed by atoms with Crippen molar-refractivity contribution in [3.8, 4) is 5.75 Å². The second-order valence-electron chi connectivity index (χ2n) is 13.3. The summed E-state index contributed by atoms with van der Waals surface area (Å²) in [7, 11) is 0. The van der Waals surface area contributed by atoms with Crippen molar-refractivity contribution in [3.05, 3.63) is 34.4 Å². The molecule has 7 atom stereocenters. The molecule has 0 heterocycles. The summed E-state index contributed by atoms with van der Waals surface area (Å²) < 4.78 is 6.17. The van der Waals surface area contributed by atoms with Crippen LogP contribution in [0.2, 0.25) is 0 Å². The third-order valence-corrected chi connectivity index (χ3v) is 11.2. The first-order valence-electron chi connectivity index (χ1n) is 15.4. The number of benzene rings is 1. The highest BCUT2D eigenvalue weighted by Gasteiger charge is 2.61. The SMILES string of the molecule is CCCCCCC(=O)O[C@H]1CC[C@H]2[C@@H]3CC[C@H]4C/C(=N\Oc5ccc([N+](=O)[O-])cc5)CC[C@]4(C)[C@H]3CC[C@]12C. The molecule has 5 rings (SSSR count). The topological polar surface area (TPSA) is 91.0 Å².